The van der Waals surface area contributed by atoms with Crippen molar-refractivity contribution in [1.82, 2.24) is 15.4 Å². The zero-order chi connectivity index (χ0) is 15.1. The van der Waals surface area contributed by atoms with E-state index in [0.717, 1.165) is 5.57 Å². The molecule has 0 aromatic carbocycles. The number of rotatable bonds is 2. The highest BCUT2D eigenvalue weighted by Gasteiger charge is 2.47. The molecule has 1 aliphatic rings. The monoisotopic (exact) mass is 333 g/mol. The van der Waals surface area contributed by atoms with Gasteiger partial charge < -0.3 is 4.74 Å². The molecule has 1 aliphatic carbocycles. The molecule has 0 saturated heterocycles. The van der Waals surface area contributed by atoms with Gasteiger partial charge in [-0.05, 0) is 22.9 Å². The highest BCUT2D eigenvalue weighted by atomic mass is 35.6. The van der Waals surface area contributed by atoms with Crippen molar-refractivity contribution in [3.63, 3.8) is 0 Å². The topological polar surface area (TPSA) is 47.9 Å². The molecular formula is C13H14Cl3N3O. The summed E-state index contributed by atoms with van der Waals surface area (Å²) >= 11 is 17.6. The molecule has 0 aliphatic heterocycles. The number of allylic oxidation sites excluding steroid dienone is 3. The number of hydrogen-bond acceptors (Lipinski definition) is 4. The first-order valence-corrected chi connectivity index (χ1v) is 6.80. The number of ether oxygens (including phenoxy) is 1. The molecule has 0 amide bonds. The Labute approximate surface area is 133 Å². The average Bonchev–Trinajstić information content (AvgIpc) is 2.48. The molecule has 0 fully saturated rings. The van der Waals surface area contributed by atoms with E-state index in [2.05, 4.69) is 22.0 Å². The van der Waals surface area contributed by atoms with Crippen LogP contribution in [0, 0.1) is 0 Å². The molecule has 4 nitrogen and oxygen atoms in total. The number of alkyl halides is 3. The van der Waals surface area contributed by atoms with Crippen LogP contribution in [0.4, 0.5) is 0 Å². The Hall–Kier alpha value is -0.940. The highest BCUT2D eigenvalue weighted by Crippen LogP contribution is 2.45. The van der Waals surface area contributed by atoms with E-state index in [1.165, 1.54) is 7.11 Å². The third kappa shape index (κ3) is 4.56. The van der Waals surface area contributed by atoms with Crippen molar-refractivity contribution in [2.24, 2.45) is 0 Å². The number of hydrogen-bond donors (Lipinski definition) is 0. The zero-order valence-corrected chi connectivity index (χ0v) is 13.1. The fourth-order valence-corrected chi connectivity index (χ4v) is 2.12. The molecule has 0 spiro atoms. The van der Waals surface area contributed by atoms with Crippen molar-refractivity contribution in [2.45, 2.75) is 15.8 Å². The molecule has 20 heavy (non-hydrogen) atoms. The lowest BCUT2D eigenvalue weighted by molar-refractivity contribution is 0.0370. The molecular weight excluding hydrogens is 321 g/mol. The van der Waals surface area contributed by atoms with Crippen LogP contribution < -0.4 is 0 Å². The summed E-state index contributed by atoms with van der Waals surface area (Å²) in [5.41, 5.74) is 0.136. The van der Waals surface area contributed by atoms with Crippen LogP contribution in [-0.4, -0.2) is 31.9 Å². The third-order valence-electron chi connectivity index (χ3n) is 2.67. The quantitative estimate of drug-likeness (QED) is 0.774. The van der Waals surface area contributed by atoms with Gasteiger partial charge in [-0.15, -0.1) is 10.2 Å². The molecule has 1 atom stereocenters. The van der Waals surface area contributed by atoms with E-state index in [9.17, 15) is 0 Å². The minimum Gasteiger partial charge on any atom is -0.369 e. The van der Waals surface area contributed by atoms with Crippen molar-refractivity contribution >= 4 is 34.8 Å². The molecule has 108 valence electrons. The van der Waals surface area contributed by atoms with Gasteiger partial charge in [-0.3, -0.25) is 0 Å². The van der Waals surface area contributed by atoms with Crippen LogP contribution in [0.5, 0.6) is 0 Å². The molecule has 0 saturated carbocycles. The van der Waals surface area contributed by atoms with E-state index >= 15 is 0 Å². The molecule has 0 radical (unpaired) electrons. The van der Waals surface area contributed by atoms with Gasteiger partial charge in [-0.1, -0.05) is 59.6 Å². The smallest absolute Gasteiger partial charge is 0.222 e. The second-order valence-corrected chi connectivity index (χ2v) is 6.13. The van der Waals surface area contributed by atoms with Gasteiger partial charge in [0.1, 0.15) is 5.60 Å². The molecule has 0 bridgehead atoms. The van der Waals surface area contributed by atoms with Crippen molar-refractivity contribution in [1.29, 1.82) is 0 Å². The van der Waals surface area contributed by atoms with E-state index < -0.39 is 9.39 Å². The van der Waals surface area contributed by atoms with E-state index in [0.29, 0.717) is 6.42 Å². The molecule has 1 heterocycles. The number of methoxy groups -OCH3 is 1. The summed E-state index contributed by atoms with van der Waals surface area (Å²) < 4.78 is 3.80. The SMILES string of the molecule is C=CC1=CCC(OC)(C(Cl)(Cl)Cl)C=C1.c1cnnnc1. The Morgan fingerprint density at radius 2 is 2.00 bits per heavy atom. The minimum atomic E-state index is -1.47. The van der Waals surface area contributed by atoms with Gasteiger partial charge in [0.05, 0.1) is 12.4 Å². The Morgan fingerprint density at radius 3 is 2.25 bits per heavy atom. The average molecular weight is 335 g/mol. The maximum atomic E-state index is 5.86. The third-order valence-corrected chi connectivity index (χ3v) is 3.63. The largest absolute Gasteiger partial charge is 0.369 e. The van der Waals surface area contributed by atoms with Crippen molar-refractivity contribution in [3.05, 3.63) is 54.9 Å². The summed E-state index contributed by atoms with van der Waals surface area (Å²) in [7, 11) is 1.53. The normalized spacial score (nSPS) is 21.5. The fourth-order valence-electron chi connectivity index (χ4n) is 1.47. The lowest BCUT2D eigenvalue weighted by Crippen LogP contribution is -2.43. The Bertz CT molecular complexity index is 459. The first-order valence-electron chi connectivity index (χ1n) is 5.67. The van der Waals surface area contributed by atoms with Crippen LogP contribution >= 0.6 is 34.8 Å². The molecule has 2 rings (SSSR count). The fraction of sp³-hybridized carbons (Fsp3) is 0.308. The molecule has 1 aromatic heterocycles. The predicted molar refractivity (Wildman–Crippen MR) is 81.9 cm³/mol. The maximum absolute atomic E-state index is 5.86. The maximum Gasteiger partial charge on any atom is 0.222 e. The van der Waals surface area contributed by atoms with E-state index in [-0.39, 0.29) is 0 Å². The first kappa shape index (κ1) is 17.1. The lowest BCUT2D eigenvalue weighted by Gasteiger charge is -2.36. The minimum absolute atomic E-state index is 0.526. The van der Waals surface area contributed by atoms with Gasteiger partial charge in [0.2, 0.25) is 3.79 Å². The Morgan fingerprint density at radius 1 is 1.35 bits per heavy atom. The van der Waals surface area contributed by atoms with Crippen molar-refractivity contribution in [2.75, 3.05) is 7.11 Å². The second kappa shape index (κ2) is 7.74. The Kier molecular flexibility index (Phi) is 6.62. The van der Waals surface area contributed by atoms with E-state index in [1.807, 2.05) is 12.2 Å². The summed E-state index contributed by atoms with van der Waals surface area (Å²) in [6.07, 6.45) is 10.9. The molecule has 1 aromatic rings. The number of nitrogens with zero attached hydrogens (tertiary/aromatic N) is 3. The summed E-state index contributed by atoms with van der Waals surface area (Å²) in [6, 6.07) is 1.72. The first-order chi connectivity index (χ1) is 9.45. The van der Waals surface area contributed by atoms with Crippen LogP contribution in [0.15, 0.2) is 54.9 Å². The summed E-state index contributed by atoms with van der Waals surface area (Å²) in [5.74, 6) is 0. The number of halogens is 3. The summed E-state index contributed by atoms with van der Waals surface area (Å²) in [6.45, 7) is 3.66. The predicted octanol–water partition coefficient (Wildman–Crippen LogP) is 3.69. The number of aromatic nitrogens is 3. The van der Waals surface area contributed by atoms with Gasteiger partial charge >= 0.3 is 0 Å². The Balaban J connectivity index is 0.000000276. The molecule has 0 N–H and O–H groups in total. The summed E-state index contributed by atoms with van der Waals surface area (Å²) in [5, 5.41) is 10.1. The second-order valence-electron chi connectivity index (χ2n) is 3.85. The van der Waals surface area contributed by atoms with Crippen LogP contribution in [0.3, 0.4) is 0 Å². The molecule has 7 heteroatoms. The standard InChI is InChI=1S/C10H11Cl3O.C3H3N3/c1-3-8-4-6-9(14-2,7-5-8)10(11,12)13;1-2-4-6-5-3-1/h3-6H,1,7H2,2H3;1-3H. The van der Waals surface area contributed by atoms with E-state index in [4.69, 9.17) is 39.5 Å². The van der Waals surface area contributed by atoms with E-state index in [1.54, 1.807) is 30.6 Å². The highest BCUT2D eigenvalue weighted by molar-refractivity contribution is 6.68. The lowest BCUT2D eigenvalue weighted by atomic mass is 9.93. The van der Waals surface area contributed by atoms with Crippen LogP contribution in [-0.2, 0) is 4.74 Å². The van der Waals surface area contributed by atoms with Crippen molar-refractivity contribution in [3.8, 4) is 0 Å². The van der Waals surface area contributed by atoms with Gasteiger partial charge in [-0.2, -0.15) is 0 Å². The van der Waals surface area contributed by atoms with Gasteiger partial charge in [0.15, 0.2) is 0 Å². The van der Waals surface area contributed by atoms with Gasteiger partial charge in [0, 0.05) is 13.5 Å². The summed E-state index contributed by atoms with van der Waals surface area (Å²) in [4.78, 5) is 0. The van der Waals surface area contributed by atoms with Crippen LogP contribution in [0.2, 0.25) is 0 Å². The van der Waals surface area contributed by atoms with Gasteiger partial charge in [0.25, 0.3) is 0 Å². The van der Waals surface area contributed by atoms with Crippen molar-refractivity contribution < 1.29 is 4.74 Å². The van der Waals surface area contributed by atoms with Gasteiger partial charge in [-0.25, -0.2) is 0 Å². The van der Waals surface area contributed by atoms with Crippen LogP contribution in [0.25, 0.3) is 0 Å². The zero-order valence-electron chi connectivity index (χ0n) is 10.8. The molecule has 1 unspecified atom stereocenters. The van der Waals surface area contributed by atoms with Crippen LogP contribution in [0.1, 0.15) is 6.42 Å².